The Hall–Kier alpha value is -0.790. The van der Waals surface area contributed by atoms with Crippen molar-refractivity contribution in [3.63, 3.8) is 0 Å². The van der Waals surface area contributed by atoms with Crippen molar-refractivity contribution < 1.29 is 9.53 Å². The zero-order chi connectivity index (χ0) is 19.3. The summed E-state index contributed by atoms with van der Waals surface area (Å²) in [5.74, 6) is -0.175. The van der Waals surface area contributed by atoms with E-state index in [1.165, 1.54) is 96.3 Å². The summed E-state index contributed by atoms with van der Waals surface area (Å²) in [6, 6.07) is 0. The number of hydrogen-bond acceptors (Lipinski definition) is 2. The standard InChI is InChI=1S/C24H46O2/c1-4-6-8-10-12-13-14-15-16-17-19-21-23(3)24(25)26-22-20-18-11-9-7-5-2/h3-22H2,1-2H3. The average Bonchev–Trinajstić information content (AvgIpc) is 2.65. The van der Waals surface area contributed by atoms with Crippen molar-refractivity contribution in [2.24, 2.45) is 0 Å². The minimum absolute atomic E-state index is 0.175. The second kappa shape index (κ2) is 20.5. The Morgan fingerprint density at radius 2 is 1.00 bits per heavy atom. The molecule has 0 spiro atoms. The third-order valence-electron chi connectivity index (χ3n) is 5.10. The van der Waals surface area contributed by atoms with E-state index in [4.69, 9.17) is 4.74 Å². The SMILES string of the molecule is C=C(CCCCCCCCCCCCC)C(=O)OCCCCCCCC. The maximum atomic E-state index is 11.9. The summed E-state index contributed by atoms with van der Waals surface area (Å²) >= 11 is 0. The third kappa shape index (κ3) is 18.0. The highest BCUT2D eigenvalue weighted by Crippen LogP contribution is 2.14. The van der Waals surface area contributed by atoms with Crippen LogP contribution in [-0.4, -0.2) is 12.6 Å². The van der Waals surface area contributed by atoms with Gasteiger partial charge in [0.1, 0.15) is 0 Å². The molecule has 0 aromatic heterocycles. The van der Waals surface area contributed by atoms with Crippen LogP contribution in [0.15, 0.2) is 12.2 Å². The van der Waals surface area contributed by atoms with Crippen LogP contribution in [0.2, 0.25) is 0 Å². The number of unbranched alkanes of at least 4 members (excludes halogenated alkanes) is 15. The summed E-state index contributed by atoms with van der Waals surface area (Å²) in [7, 11) is 0. The van der Waals surface area contributed by atoms with Crippen LogP contribution in [0.3, 0.4) is 0 Å². The van der Waals surface area contributed by atoms with Crippen LogP contribution in [0.25, 0.3) is 0 Å². The van der Waals surface area contributed by atoms with Crippen LogP contribution in [0.5, 0.6) is 0 Å². The van der Waals surface area contributed by atoms with Gasteiger partial charge in [0.05, 0.1) is 6.61 Å². The van der Waals surface area contributed by atoms with E-state index in [1.807, 2.05) is 0 Å². The van der Waals surface area contributed by atoms with E-state index in [0.29, 0.717) is 12.2 Å². The van der Waals surface area contributed by atoms with Crippen molar-refractivity contribution in [1.82, 2.24) is 0 Å². The fourth-order valence-corrected chi connectivity index (χ4v) is 3.25. The molecule has 0 bridgehead atoms. The quantitative estimate of drug-likeness (QED) is 0.123. The molecule has 0 aliphatic heterocycles. The van der Waals surface area contributed by atoms with Crippen LogP contribution >= 0.6 is 0 Å². The summed E-state index contributed by atoms with van der Waals surface area (Å²) in [4.78, 5) is 11.9. The van der Waals surface area contributed by atoms with E-state index < -0.39 is 0 Å². The number of hydrogen-bond donors (Lipinski definition) is 0. The van der Waals surface area contributed by atoms with Gasteiger partial charge in [0.25, 0.3) is 0 Å². The van der Waals surface area contributed by atoms with Crippen molar-refractivity contribution in [3.05, 3.63) is 12.2 Å². The molecule has 0 atom stereocenters. The predicted octanol–water partition coefficient (Wildman–Crippen LogP) is 8.15. The van der Waals surface area contributed by atoms with Crippen LogP contribution in [0, 0.1) is 0 Å². The van der Waals surface area contributed by atoms with Gasteiger partial charge in [-0.05, 0) is 19.3 Å². The third-order valence-corrected chi connectivity index (χ3v) is 5.10. The molecule has 0 saturated heterocycles. The average molecular weight is 367 g/mol. The van der Waals surface area contributed by atoms with Crippen molar-refractivity contribution in [2.75, 3.05) is 6.61 Å². The summed E-state index contributed by atoms with van der Waals surface area (Å²) < 4.78 is 5.32. The minimum Gasteiger partial charge on any atom is -0.462 e. The molecule has 0 N–H and O–H groups in total. The lowest BCUT2D eigenvalue weighted by atomic mass is 10.0. The minimum atomic E-state index is -0.175. The smallest absolute Gasteiger partial charge is 0.333 e. The number of esters is 1. The topological polar surface area (TPSA) is 26.3 Å². The zero-order valence-corrected chi connectivity index (χ0v) is 18.0. The lowest BCUT2D eigenvalue weighted by Gasteiger charge is -2.07. The van der Waals surface area contributed by atoms with Gasteiger partial charge in [0.2, 0.25) is 0 Å². The van der Waals surface area contributed by atoms with Gasteiger partial charge in [-0.25, -0.2) is 4.79 Å². The molecule has 0 heterocycles. The second-order valence-electron chi connectivity index (χ2n) is 7.79. The highest BCUT2D eigenvalue weighted by atomic mass is 16.5. The van der Waals surface area contributed by atoms with Gasteiger partial charge in [0.15, 0.2) is 0 Å². The Kier molecular flexibility index (Phi) is 19.9. The molecule has 0 aliphatic rings. The molecule has 2 nitrogen and oxygen atoms in total. The molecule has 0 amide bonds. The lowest BCUT2D eigenvalue weighted by molar-refractivity contribution is -0.139. The molecule has 0 saturated carbocycles. The zero-order valence-electron chi connectivity index (χ0n) is 18.0. The molecule has 0 radical (unpaired) electrons. The Morgan fingerprint density at radius 3 is 1.46 bits per heavy atom. The van der Waals surface area contributed by atoms with Crippen molar-refractivity contribution in [2.45, 2.75) is 129 Å². The first kappa shape index (κ1) is 25.2. The molecule has 0 aliphatic carbocycles. The second-order valence-corrected chi connectivity index (χ2v) is 7.79. The van der Waals surface area contributed by atoms with E-state index in [9.17, 15) is 4.79 Å². The highest BCUT2D eigenvalue weighted by Gasteiger charge is 2.07. The van der Waals surface area contributed by atoms with E-state index in [1.54, 1.807) is 0 Å². The van der Waals surface area contributed by atoms with Gasteiger partial charge in [-0.1, -0.05) is 117 Å². The highest BCUT2D eigenvalue weighted by molar-refractivity contribution is 5.87. The summed E-state index contributed by atoms with van der Waals surface area (Å²) in [5.41, 5.74) is 0.659. The first-order valence-corrected chi connectivity index (χ1v) is 11.6. The number of ether oxygens (including phenoxy) is 1. The number of rotatable bonds is 20. The van der Waals surface area contributed by atoms with Gasteiger partial charge < -0.3 is 4.74 Å². The Morgan fingerprint density at radius 1 is 0.615 bits per heavy atom. The lowest BCUT2D eigenvalue weighted by Crippen LogP contribution is -2.08. The molecule has 0 unspecified atom stereocenters. The van der Waals surface area contributed by atoms with Crippen LogP contribution < -0.4 is 0 Å². The van der Waals surface area contributed by atoms with E-state index in [-0.39, 0.29) is 5.97 Å². The van der Waals surface area contributed by atoms with E-state index in [2.05, 4.69) is 20.4 Å². The molecule has 0 aromatic rings. The number of carbonyl (C=O) groups is 1. The van der Waals surface area contributed by atoms with Crippen molar-refractivity contribution >= 4 is 5.97 Å². The monoisotopic (exact) mass is 366 g/mol. The van der Waals surface area contributed by atoms with Gasteiger partial charge in [0, 0.05) is 5.57 Å². The molecule has 0 fully saturated rings. The molecule has 2 heteroatoms. The Bertz CT molecular complexity index is 322. The maximum absolute atomic E-state index is 11.9. The fraction of sp³-hybridized carbons (Fsp3) is 0.875. The molecular weight excluding hydrogens is 320 g/mol. The van der Waals surface area contributed by atoms with Crippen LogP contribution in [0.4, 0.5) is 0 Å². The van der Waals surface area contributed by atoms with Crippen LogP contribution in [0.1, 0.15) is 129 Å². The first-order valence-electron chi connectivity index (χ1n) is 11.6. The first-order chi connectivity index (χ1) is 12.7. The van der Waals surface area contributed by atoms with E-state index >= 15 is 0 Å². The summed E-state index contributed by atoms with van der Waals surface area (Å²) in [5, 5.41) is 0. The molecule has 0 aromatic carbocycles. The predicted molar refractivity (Wildman–Crippen MR) is 115 cm³/mol. The van der Waals surface area contributed by atoms with Crippen LogP contribution in [-0.2, 0) is 9.53 Å². The Balaban J connectivity index is 3.33. The van der Waals surface area contributed by atoms with E-state index in [0.717, 1.165) is 19.3 Å². The van der Waals surface area contributed by atoms with Gasteiger partial charge in [-0.3, -0.25) is 0 Å². The largest absolute Gasteiger partial charge is 0.462 e. The van der Waals surface area contributed by atoms with Gasteiger partial charge >= 0.3 is 5.97 Å². The maximum Gasteiger partial charge on any atom is 0.333 e. The van der Waals surface area contributed by atoms with Gasteiger partial charge in [-0.2, -0.15) is 0 Å². The molecule has 0 rings (SSSR count). The van der Waals surface area contributed by atoms with Gasteiger partial charge in [-0.15, -0.1) is 0 Å². The van der Waals surface area contributed by atoms with Crippen molar-refractivity contribution in [3.8, 4) is 0 Å². The molecular formula is C24H46O2. The summed E-state index contributed by atoms with van der Waals surface area (Å²) in [6.45, 7) is 8.95. The summed E-state index contributed by atoms with van der Waals surface area (Å²) in [6.07, 6.45) is 22.7. The fourth-order valence-electron chi connectivity index (χ4n) is 3.25. The molecule has 26 heavy (non-hydrogen) atoms. The number of carbonyl (C=O) groups excluding carboxylic acids is 1. The Labute approximate surface area is 164 Å². The molecule has 154 valence electrons. The van der Waals surface area contributed by atoms with Crippen molar-refractivity contribution in [1.29, 1.82) is 0 Å². The normalized spacial score (nSPS) is 10.8.